The predicted octanol–water partition coefficient (Wildman–Crippen LogP) is 2.82. The second-order valence-electron chi connectivity index (χ2n) is 10.4. The summed E-state index contributed by atoms with van der Waals surface area (Å²) in [5, 5.41) is 6.18. The predicted molar refractivity (Wildman–Crippen MR) is 132 cm³/mol. The lowest BCUT2D eigenvalue weighted by Crippen LogP contribution is -2.59. The summed E-state index contributed by atoms with van der Waals surface area (Å²) in [5.74, 6) is 0.914. The Hall–Kier alpha value is -1.92. The number of amides is 2. The number of carbonyl (C=O) groups is 2. The topological polar surface area (TPSA) is 64.7 Å². The zero-order chi connectivity index (χ0) is 23.2. The van der Waals surface area contributed by atoms with Crippen LogP contribution in [0.4, 0.5) is 0 Å². The normalized spacial score (nSPS) is 25.9. The summed E-state index contributed by atoms with van der Waals surface area (Å²) in [4.78, 5) is 31.4. The van der Waals surface area contributed by atoms with E-state index in [1.54, 1.807) is 7.05 Å². The van der Waals surface area contributed by atoms with Gasteiger partial charge >= 0.3 is 0 Å². The standard InChI is InChI=1S/C27H42N4O2/c1-20(28-2)26(32)29-25(22-12-7-4-8-13-22)27(33)31-16-9-14-23-18-30(19-24(23)31)17-15-21-10-5-3-6-11-21/h3,5-6,10-11,20,22-25,28H,4,7-9,12-19H2,1-2H3,(H,29,32)/t20-,23-,24+,25-/m0/s1. The Bertz CT molecular complexity index is 780. The summed E-state index contributed by atoms with van der Waals surface area (Å²) >= 11 is 0. The van der Waals surface area contributed by atoms with E-state index < -0.39 is 0 Å². The molecule has 0 radical (unpaired) electrons. The van der Waals surface area contributed by atoms with Crippen LogP contribution in [0.1, 0.15) is 57.4 Å². The van der Waals surface area contributed by atoms with Gasteiger partial charge in [0.15, 0.2) is 0 Å². The zero-order valence-corrected chi connectivity index (χ0v) is 20.5. The smallest absolute Gasteiger partial charge is 0.245 e. The second-order valence-corrected chi connectivity index (χ2v) is 10.4. The summed E-state index contributed by atoms with van der Waals surface area (Å²) in [5.41, 5.74) is 1.37. The first-order valence-corrected chi connectivity index (χ1v) is 13.1. The number of fused-ring (bicyclic) bond motifs is 1. The van der Waals surface area contributed by atoms with Gasteiger partial charge in [-0.25, -0.2) is 0 Å². The molecule has 1 saturated carbocycles. The van der Waals surface area contributed by atoms with Crippen LogP contribution in [-0.4, -0.2) is 73.0 Å². The second kappa shape index (κ2) is 11.5. The Labute approximate surface area is 199 Å². The van der Waals surface area contributed by atoms with E-state index in [1.165, 1.54) is 18.4 Å². The quantitative estimate of drug-likeness (QED) is 0.634. The highest BCUT2D eigenvalue weighted by atomic mass is 16.2. The lowest BCUT2D eigenvalue weighted by atomic mass is 9.82. The Morgan fingerprint density at radius 1 is 1.03 bits per heavy atom. The molecule has 0 spiro atoms. The third-order valence-electron chi connectivity index (χ3n) is 8.21. The first-order chi connectivity index (χ1) is 16.1. The zero-order valence-electron chi connectivity index (χ0n) is 20.5. The molecule has 0 unspecified atom stereocenters. The molecule has 33 heavy (non-hydrogen) atoms. The SMILES string of the molecule is CN[C@@H](C)C(=O)N[C@H](C(=O)N1CCC[C@H]2CN(CCc3ccccc3)C[C@H]21)C1CCCCC1. The van der Waals surface area contributed by atoms with E-state index >= 15 is 0 Å². The molecule has 1 aliphatic carbocycles. The van der Waals surface area contributed by atoms with E-state index in [2.05, 4.69) is 50.8 Å². The van der Waals surface area contributed by atoms with Crippen LogP contribution in [0.3, 0.4) is 0 Å². The molecule has 182 valence electrons. The van der Waals surface area contributed by atoms with Gasteiger partial charge in [0, 0.05) is 32.2 Å². The van der Waals surface area contributed by atoms with E-state index in [0.717, 1.165) is 64.7 Å². The fraction of sp³-hybridized carbons (Fsp3) is 0.704. The maximum absolute atomic E-state index is 13.9. The molecule has 2 aliphatic heterocycles. The molecule has 2 amide bonds. The van der Waals surface area contributed by atoms with Crippen LogP contribution >= 0.6 is 0 Å². The van der Waals surface area contributed by atoms with Crippen molar-refractivity contribution in [2.24, 2.45) is 11.8 Å². The molecule has 0 bridgehead atoms. The number of carbonyl (C=O) groups excluding carboxylic acids is 2. The van der Waals surface area contributed by atoms with Crippen molar-refractivity contribution in [2.45, 2.75) is 76.4 Å². The van der Waals surface area contributed by atoms with Crippen LogP contribution in [0.5, 0.6) is 0 Å². The van der Waals surface area contributed by atoms with Gasteiger partial charge in [-0.15, -0.1) is 0 Å². The Morgan fingerprint density at radius 2 is 1.79 bits per heavy atom. The Morgan fingerprint density at radius 3 is 2.52 bits per heavy atom. The van der Waals surface area contributed by atoms with Crippen molar-refractivity contribution >= 4 is 11.8 Å². The molecule has 2 saturated heterocycles. The van der Waals surface area contributed by atoms with Gasteiger partial charge in [0.25, 0.3) is 0 Å². The summed E-state index contributed by atoms with van der Waals surface area (Å²) in [6, 6.07) is 10.3. The molecule has 6 nitrogen and oxygen atoms in total. The van der Waals surface area contributed by atoms with Crippen LogP contribution < -0.4 is 10.6 Å². The van der Waals surface area contributed by atoms with Crippen LogP contribution in [0.15, 0.2) is 30.3 Å². The molecule has 4 atom stereocenters. The monoisotopic (exact) mass is 454 g/mol. The minimum atomic E-state index is -0.384. The van der Waals surface area contributed by atoms with Crippen molar-refractivity contribution in [3.05, 3.63) is 35.9 Å². The molecule has 2 N–H and O–H groups in total. The number of benzene rings is 1. The molecule has 0 aromatic heterocycles. The molecule has 6 heteroatoms. The average molecular weight is 455 g/mol. The number of likely N-dealkylation sites (N-methyl/N-ethyl adjacent to an activating group) is 1. The third kappa shape index (κ3) is 5.96. The van der Waals surface area contributed by atoms with E-state index in [-0.39, 0.29) is 35.9 Å². The van der Waals surface area contributed by atoms with Crippen molar-refractivity contribution < 1.29 is 9.59 Å². The highest BCUT2D eigenvalue weighted by Gasteiger charge is 2.44. The third-order valence-corrected chi connectivity index (χ3v) is 8.21. The molecular weight excluding hydrogens is 412 g/mol. The maximum atomic E-state index is 13.9. The van der Waals surface area contributed by atoms with Gasteiger partial charge in [-0.1, -0.05) is 49.6 Å². The molecular formula is C27H42N4O2. The highest BCUT2D eigenvalue weighted by Crippen LogP contribution is 2.33. The fourth-order valence-electron chi connectivity index (χ4n) is 6.09. The molecule has 1 aromatic carbocycles. The lowest BCUT2D eigenvalue weighted by Gasteiger charge is -2.41. The van der Waals surface area contributed by atoms with Gasteiger partial charge in [-0.2, -0.15) is 0 Å². The first-order valence-electron chi connectivity index (χ1n) is 13.1. The number of nitrogens with one attached hydrogen (secondary N) is 2. The van der Waals surface area contributed by atoms with Crippen molar-refractivity contribution in [3.63, 3.8) is 0 Å². The van der Waals surface area contributed by atoms with Crippen LogP contribution in [0, 0.1) is 11.8 Å². The summed E-state index contributed by atoms with van der Waals surface area (Å²) in [6.07, 6.45) is 8.95. The van der Waals surface area contributed by atoms with Gasteiger partial charge in [-0.3, -0.25) is 9.59 Å². The van der Waals surface area contributed by atoms with Crippen molar-refractivity contribution in [2.75, 3.05) is 33.2 Å². The van der Waals surface area contributed by atoms with Crippen molar-refractivity contribution in [3.8, 4) is 0 Å². The van der Waals surface area contributed by atoms with E-state index in [1.807, 2.05) is 6.92 Å². The van der Waals surface area contributed by atoms with Crippen LogP contribution in [-0.2, 0) is 16.0 Å². The van der Waals surface area contributed by atoms with E-state index in [0.29, 0.717) is 5.92 Å². The lowest BCUT2D eigenvalue weighted by molar-refractivity contribution is -0.142. The molecule has 4 rings (SSSR count). The number of hydrogen-bond acceptors (Lipinski definition) is 4. The van der Waals surface area contributed by atoms with E-state index in [9.17, 15) is 9.59 Å². The van der Waals surface area contributed by atoms with Crippen LogP contribution in [0.2, 0.25) is 0 Å². The maximum Gasteiger partial charge on any atom is 0.245 e. The largest absolute Gasteiger partial charge is 0.343 e. The molecule has 1 aromatic rings. The summed E-state index contributed by atoms with van der Waals surface area (Å²) in [6.45, 7) is 5.77. The number of rotatable bonds is 8. The number of nitrogens with zero attached hydrogens (tertiary/aromatic N) is 2. The minimum Gasteiger partial charge on any atom is -0.343 e. The van der Waals surface area contributed by atoms with Crippen molar-refractivity contribution in [1.82, 2.24) is 20.4 Å². The Balaban J connectivity index is 1.43. The average Bonchev–Trinajstić information content (AvgIpc) is 3.29. The minimum absolute atomic E-state index is 0.0640. The number of piperidine rings is 1. The fourth-order valence-corrected chi connectivity index (χ4v) is 6.09. The van der Waals surface area contributed by atoms with Gasteiger partial charge in [0.1, 0.15) is 6.04 Å². The summed E-state index contributed by atoms with van der Waals surface area (Å²) < 4.78 is 0. The van der Waals surface area contributed by atoms with Gasteiger partial charge in [0.2, 0.25) is 11.8 Å². The first kappa shape index (κ1) is 24.2. The van der Waals surface area contributed by atoms with Gasteiger partial charge in [-0.05, 0) is 63.5 Å². The van der Waals surface area contributed by atoms with Gasteiger partial charge in [0.05, 0.1) is 6.04 Å². The van der Waals surface area contributed by atoms with E-state index in [4.69, 9.17) is 0 Å². The molecule has 3 aliphatic rings. The molecule has 2 heterocycles. The number of hydrogen-bond donors (Lipinski definition) is 2. The van der Waals surface area contributed by atoms with Crippen molar-refractivity contribution in [1.29, 1.82) is 0 Å². The Kier molecular flexibility index (Phi) is 8.42. The molecule has 3 fully saturated rings. The summed E-state index contributed by atoms with van der Waals surface area (Å²) in [7, 11) is 1.79. The highest BCUT2D eigenvalue weighted by molar-refractivity contribution is 5.90. The van der Waals surface area contributed by atoms with Crippen LogP contribution in [0.25, 0.3) is 0 Å². The van der Waals surface area contributed by atoms with Gasteiger partial charge < -0.3 is 20.4 Å². The number of likely N-dealkylation sites (tertiary alicyclic amines) is 2.